The lowest BCUT2D eigenvalue weighted by molar-refractivity contribution is 0.985. The Labute approximate surface area is 177 Å². The number of allylic oxidation sites excluding steroid dienone is 1. The summed E-state index contributed by atoms with van der Waals surface area (Å²) in [4.78, 5) is 3.72. The van der Waals surface area contributed by atoms with E-state index in [-0.39, 0.29) is 0 Å². The summed E-state index contributed by atoms with van der Waals surface area (Å²) >= 11 is 3.65. The summed E-state index contributed by atoms with van der Waals surface area (Å²) in [6.07, 6.45) is 6.87. The molecule has 3 aromatic heterocycles. The van der Waals surface area contributed by atoms with E-state index < -0.39 is 0 Å². The number of aromatic amines is 1. The highest BCUT2D eigenvalue weighted by atomic mass is 79.9. The Morgan fingerprint density at radius 2 is 1.79 bits per heavy atom. The van der Waals surface area contributed by atoms with Crippen molar-refractivity contribution < 1.29 is 0 Å². The Morgan fingerprint density at radius 3 is 2.69 bits per heavy atom. The molecular formula is C26H21BrN2. The average molecular weight is 441 g/mol. The number of H-pyrrole nitrogens is 1. The summed E-state index contributed by atoms with van der Waals surface area (Å²) in [6, 6.07) is 17.7. The van der Waals surface area contributed by atoms with E-state index in [1.807, 2.05) is 13.8 Å². The minimum absolute atomic E-state index is 1.12. The van der Waals surface area contributed by atoms with Crippen molar-refractivity contribution in [3.8, 4) is 0 Å². The molecule has 1 N–H and O–H groups in total. The summed E-state index contributed by atoms with van der Waals surface area (Å²) < 4.78 is 3.60. The Bertz CT molecular complexity index is 1580. The fourth-order valence-corrected chi connectivity index (χ4v) is 5.47. The smallest absolute Gasteiger partial charge is 0.0638 e. The van der Waals surface area contributed by atoms with Crippen molar-refractivity contribution in [3.63, 3.8) is 0 Å². The van der Waals surface area contributed by atoms with Gasteiger partial charge < -0.3 is 9.38 Å². The van der Waals surface area contributed by atoms with Crippen LogP contribution in [0.25, 0.3) is 55.1 Å². The van der Waals surface area contributed by atoms with Crippen LogP contribution < -0.4 is 0 Å². The Balaban J connectivity index is 0.000000803. The summed E-state index contributed by atoms with van der Waals surface area (Å²) in [5.41, 5.74) is 7.97. The third-order valence-corrected chi connectivity index (χ3v) is 6.67. The van der Waals surface area contributed by atoms with Crippen LogP contribution in [0, 0.1) is 0 Å². The number of nitrogens with zero attached hydrogens (tertiary/aromatic N) is 1. The largest absolute Gasteiger partial charge is 0.354 e. The summed E-state index contributed by atoms with van der Waals surface area (Å²) in [5, 5.41) is 6.70. The van der Waals surface area contributed by atoms with E-state index in [2.05, 4.69) is 86.0 Å². The van der Waals surface area contributed by atoms with E-state index in [1.165, 1.54) is 60.3 Å². The van der Waals surface area contributed by atoms with Gasteiger partial charge in [-0.25, -0.2) is 0 Å². The van der Waals surface area contributed by atoms with E-state index in [0.29, 0.717) is 0 Å². The highest BCUT2D eigenvalue weighted by Gasteiger charge is 2.24. The van der Waals surface area contributed by atoms with E-state index in [1.54, 1.807) is 0 Å². The van der Waals surface area contributed by atoms with Gasteiger partial charge in [0.05, 0.1) is 16.6 Å². The molecule has 0 aliphatic heterocycles. The molecule has 29 heavy (non-hydrogen) atoms. The minimum atomic E-state index is 1.12. The maximum absolute atomic E-state index is 3.72. The first-order valence-corrected chi connectivity index (χ1v) is 11.2. The topological polar surface area (TPSA) is 20.2 Å². The lowest BCUT2D eigenvalue weighted by atomic mass is 9.97. The number of aromatic nitrogens is 2. The van der Waals surface area contributed by atoms with Gasteiger partial charge in [-0.2, -0.15) is 0 Å². The molecule has 0 radical (unpaired) electrons. The molecule has 1 aliphatic rings. The number of para-hydroxylation sites is 1. The van der Waals surface area contributed by atoms with Crippen LogP contribution in [0.15, 0.2) is 59.1 Å². The number of hydrogen-bond donors (Lipinski definition) is 1. The van der Waals surface area contributed by atoms with Crippen molar-refractivity contribution in [1.82, 2.24) is 9.38 Å². The van der Waals surface area contributed by atoms with Crippen molar-refractivity contribution in [1.29, 1.82) is 0 Å². The molecule has 3 heterocycles. The first-order chi connectivity index (χ1) is 14.3. The summed E-state index contributed by atoms with van der Waals surface area (Å²) in [6.45, 7) is 4.00. The third kappa shape index (κ3) is 2.11. The van der Waals surface area contributed by atoms with E-state index in [4.69, 9.17) is 0 Å². The highest BCUT2D eigenvalue weighted by molar-refractivity contribution is 9.10. The van der Waals surface area contributed by atoms with Crippen molar-refractivity contribution in [2.24, 2.45) is 0 Å². The predicted octanol–water partition coefficient (Wildman–Crippen LogP) is 8.07. The van der Waals surface area contributed by atoms with Gasteiger partial charge in [0.15, 0.2) is 0 Å². The van der Waals surface area contributed by atoms with Crippen LogP contribution in [0.4, 0.5) is 0 Å². The number of benzene rings is 3. The molecule has 0 fully saturated rings. The van der Waals surface area contributed by atoms with Crippen molar-refractivity contribution in [3.05, 3.63) is 70.3 Å². The second-order valence-corrected chi connectivity index (χ2v) is 8.46. The van der Waals surface area contributed by atoms with Crippen LogP contribution >= 0.6 is 15.9 Å². The van der Waals surface area contributed by atoms with Crippen LogP contribution in [-0.2, 0) is 6.42 Å². The zero-order valence-corrected chi connectivity index (χ0v) is 18.1. The average Bonchev–Trinajstić information content (AvgIpc) is 3.40. The lowest BCUT2D eigenvalue weighted by Crippen LogP contribution is -1.94. The minimum Gasteiger partial charge on any atom is -0.354 e. The van der Waals surface area contributed by atoms with Gasteiger partial charge in [0.1, 0.15) is 0 Å². The van der Waals surface area contributed by atoms with Gasteiger partial charge in [0.25, 0.3) is 0 Å². The van der Waals surface area contributed by atoms with Crippen LogP contribution in [-0.4, -0.2) is 9.38 Å². The molecule has 2 nitrogen and oxygen atoms in total. The Hall–Kier alpha value is -2.78. The SMILES string of the molecule is Brc1ccc2[nH]c3c(cc4c5c(n6c7ccccc7c3c46)C=CCC5)c2c1.CC. The molecule has 0 saturated heterocycles. The predicted molar refractivity (Wildman–Crippen MR) is 129 cm³/mol. The van der Waals surface area contributed by atoms with Gasteiger partial charge >= 0.3 is 0 Å². The Morgan fingerprint density at radius 1 is 0.931 bits per heavy atom. The first-order valence-electron chi connectivity index (χ1n) is 10.4. The highest BCUT2D eigenvalue weighted by Crippen LogP contribution is 2.44. The Kier molecular flexibility index (Phi) is 3.60. The second kappa shape index (κ2) is 6.11. The molecule has 7 rings (SSSR count). The first kappa shape index (κ1) is 17.1. The van der Waals surface area contributed by atoms with Gasteiger partial charge in [-0.15, -0.1) is 0 Å². The number of rotatable bonds is 0. The van der Waals surface area contributed by atoms with Gasteiger partial charge in [-0.3, -0.25) is 0 Å². The van der Waals surface area contributed by atoms with Crippen LogP contribution in [0.2, 0.25) is 0 Å². The normalized spacial score (nSPS) is 13.6. The molecule has 3 heteroatoms. The standard InChI is InChI=1S/C24H15BrN2.C2H6/c25-13-9-10-19-16(11-13)17-12-18-14-5-1-3-7-20(14)27-21-8-4-2-6-15(21)22(24(18)27)23(17)26-19;1-2/h2-4,6-12,26H,1,5H2;1-2H3. The summed E-state index contributed by atoms with van der Waals surface area (Å²) in [7, 11) is 0. The molecule has 0 bridgehead atoms. The second-order valence-electron chi connectivity index (χ2n) is 7.54. The quantitative estimate of drug-likeness (QED) is 0.246. The molecule has 0 saturated carbocycles. The monoisotopic (exact) mass is 440 g/mol. The molecule has 0 spiro atoms. The molecule has 1 aliphatic carbocycles. The molecule has 0 atom stereocenters. The molecular weight excluding hydrogens is 420 g/mol. The molecule has 6 aromatic rings. The summed E-state index contributed by atoms with van der Waals surface area (Å²) in [5.74, 6) is 0. The number of fused-ring (bicyclic) bond motifs is 10. The van der Waals surface area contributed by atoms with E-state index in [9.17, 15) is 0 Å². The van der Waals surface area contributed by atoms with Crippen LogP contribution in [0.3, 0.4) is 0 Å². The van der Waals surface area contributed by atoms with Crippen LogP contribution in [0.1, 0.15) is 31.5 Å². The van der Waals surface area contributed by atoms with E-state index >= 15 is 0 Å². The van der Waals surface area contributed by atoms with Gasteiger partial charge in [-0.1, -0.05) is 54.1 Å². The number of halogens is 1. The number of nitrogens with one attached hydrogen (secondary N) is 1. The van der Waals surface area contributed by atoms with Crippen molar-refractivity contribution >= 4 is 71.0 Å². The molecule has 142 valence electrons. The van der Waals surface area contributed by atoms with Crippen molar-refractivity contribution in [2.45, 2.75) is 26.7 Å². The van der Waals surface area contributed by atoms with Crippen molar-refractivity contribution in [2.75, 3.05) is 0 Å². The van der Waals surface area contributed by atoms with Crippen LogP contribution in [0.5, 0.6) is 0 Å². The van der Waals surface area contributed by atoms with E-state index in [0.717, 1.165) is 17.3 Å². The fraction of sp³-hybridized carbons (Fsp3) is 0.154. The zero-order chi connectivity index (χ0) is 19.7. The number of hydrogen-bond acceptors (Lipinski definition) is 0. The maximum atomic E-state index is 3.72. The molecule has 3 aromatic carbocycles. The van der Waals surface area contributed by atoms with Gasteiger partial charge in [-0.05, 0) is 54.8 Å². The fourth-order valence-electron chi connectivity index (χ4n) is 5.11. The third-order valence-electron chi connectivity index (χ3n) is 6.18. The number of aryl methyl sites for hydroxylation is 1. The van der Waals surface area contributed by atoms with Gasteiger partial charge in [0, 0.05) is 42.6 Å². The lowest BCUT2D eigenvalue weighted by Gasteiger charge is -2.07. The zero-order valence-electron chi connectivity index (χ0n) is 16.5. The molecule has 0 unspecified atom stereocenters. The van der Waals surface area contributed by atoms with Gasteiger partial charge in [0.2, 0.25) is 0 Å². The molecule has 0 amide bonds. The maximum Gasteiger partial charge on any atom is 0.0638 e.